The van der Waals surface area contributed by atoms with Gasteiger partial charge in [-0.15, -0.1) is 0 Å². The smallest absolute Gasteiger partial charge is 0.337 e. The number of aromatic nitrogens is 1. The topological polar surface area (TPSA) is 92.2 Å². The van der Waals surface area contributed by atoms with Crippen LogP contribution in [0.3, 0.4) is 0 Å². The SMILES string of the molecule is Cc1nc(C(=O)N2CCC(C)(C)CC2)c(-c2ccc(OCCc3ccc(F)cc3)cc2)c(N2CCC(C)(C)CC2)c1C(OC(C)(C)C)C(=O)O. The molecule has 2 aliphatic rings. The number of likely N-dealkylation sites (tertiary alicyclic amines) is 1. The molecule has 0 saturated carbocycles. The zero-order chi connectivity index (χ0) is 36.4. The predicted molar refractivity (Wildman–Crippen MR) is 195 cm³/mol. The second kappa shape index (κ2) is 14.7. The van der Waals surface area contributed by atoms with Gasteiger partial charge in [-0.1, -0.05) is 52.0 Å². The summed E-state index contributed by atoms with van der Waals surface area (Å²) in [7, 11) is 0. The number of hydrogen-bond donors (Lipinski definition) is 1. The van der Waals surface area contributed by atoms with E-state index in [-0.39, 0.29) is 22.6 Å². The van der Waals surface area contributed by atoms with Gasteiger partial charge in [-0.3, -0.25) is 4.79 Å². The second-order valence-corrected chi connectivity index (χ2v) is 16.5. The Balaban J connectivity index is 1.63. The van der Waals surface area contributed by atoms with Gasteiger partial charge in [0.05, 0.1) is 17.9 Å². The van der Waals surface area contributed by atoms with Crippen LogP contribution in [0.5, 0.6) is 5.75 Å². The quantitative estimate of drug-likeness (QED) is 0.228. The van der Waals surface area contributed by atoms with Gasteiger partial charge in [-0.05, 0) is 99.6 Å². The first-order chi connectivity index (χ1) is 23.4. The molecule has 1 atom stereocenters. The lowest BCUT2D eigenvalue weighted by Crippen LogP contribution is -2.42. The van der Waals surface area contributed by atoms with E-state index in [1.807, 2.05) is 49.9 Å². The molecule has 1 amide bonds. The number of carbonyl (C=O) groups excluding carboxylic acids is 1. The standard InChI is InChI=1S/C41H54FN3O5/c1-27-32(36(38(47)48)50-39(2,3)4)35(44-22-18-40(5,6)19-23-44)33(34(43-27)37(46)45-24-20-41(7,8)21-25-45)29-11-15-31(16-12-29)49-26-17-28-9-13-30(42)14-10-28/h9-16,36H,17-26H2,1-8H3,(H,47,48). The number of benzene rings is 2. The van der Waals surface area contributed by atoms with E-state index >= 15 is 0 Å². The van der Waals surface area contributed by atoms with Crippen LogP contribution in [0.15, 0.2) is 48.5 Å². The molecular weight excluding hydrogens is 633 g/mol. The fourth-order valence-electron chi connectivity index (χ4n) is 6.82. The highest BCUT2D eigenvalue weighted by atomic mass is 19.1. The van der Waals surface area contributed by atoms with E-state index in [9.17, 15) is 19.1 Å². The minimum atomic E-state index is -1.29. The molecular formula is C41H54FN3O5. The van der Waals surface area contributed by atoms with Crippen molar-refractivity contribution in [2.24, 2.45) is 10.8 Å². The predicted octanol–water partition coefficient (Wildman–Crippen LogP) is 8.65. The van der Waals surface area contributed by atoms with Crippen LogP contribution in [0.25, 0.3) is 11.1 Å². The maximum absolute atomic E-state index is 14.6. The zero-order valence-corrected chi connectivity index (χ0v) is 31.1. The third-order valence-electron chi connectivity index (χ3n) is 10.1. The summed E-state index contributed by atoms with van der Waals surface area (Å²) in [6.07, 6.45) is 2.94. The van der Waals surface area contributed by atoms with E-state index in [0.29, 0.717) is 73.2 Å². The van der Waals surface area contributed by atoms with Crippen LogP contribution >= 0.6 is 0 Å². The third-order valence-corrected chi connectivity index (χ3v) is 10.1. The number of halogens is 1. The molecule has 8 nitrogen and oxygen atoms in total. The molecule has 1 aromatic heterocycles. The molecule has 0 aliphatic carbocycles. The van der Waals surface area contributed by atoms with E-state index in [2.05, 4.69) is 32.6 Å². The lowest BCUT2D eigenvalue weighted by molar-refractivity contribution is -0.160. The molecule has 0 radical (unpaired) electrons. The number of ether oxygens (including phenoxy) is 2. The van der Waals surface area contributed by atoms with Gasteiger partial charge in [0.1, 0.15) is 17.3 Å². The van der Waals surface area contributed by atoms with Crippen LogP contribution in [0.2, 0.25) is 0 Å². The Bertz CT molecular complexity index is 1660. The molecule has 0 spiro atoms. The van der Waals surface area contributed by atoms with Crippen molar-refractivity contribution >= 4 is 17.6 Å². The van der Waals surface area contributed by atoms with E-state index in [0.717, 1.165) is 36.8 Å². The van der Waals surface area contributed by atoms with Gasteiger partial charge in [-0.2, -0.15) is 0 Å². The molecule has 2 saturated heterocycles. The first-order valence-corrected chi connectivity index (χ1v) is 17.9. The van der Waals surface area contributed by atoms with E-state index in [4.69, 9.17) is 14.5 Å². The molecule has 3 aromatic rings. The Labute approximate surface area is 297 Å². The first kappa shape index (κ1) is 37.3. The number of carbonyl (C=O) groups is 2. The number of hydrogen-bond acceptors (Lipinski definition) is 6. The van der Waals surface area contributed by atoms with Gasteiger partial charge in [0.25, 0.3) is 5.91 Å². The number of carboxylic acids is 1. The Hall–Kier alpha value is -3.98. The molecule has 2 aromatic carbocycles. The number of aryl methyl sites for hydroxylation is 1. The Morgan fingerprint density at radius 1 is 0.900 bits per heavy atom. The summed E-state index contributed by atoms with van der Waals surface area (Å²) in [4.78, 5) is 36.7. The minimum Gasteiger partial charge on any atom is -0.493 e. The normalized spacial score (nSPS) is 18.1. The van der Waals surface area contributed by atoms with Gasteiger partial charge in [0.15, 0.2) is 6.10 Å². The van der Waals surface area contributed by atoms with Gasteiger partial charge in [-0.25, -0.2) is 14.2 Å². The minimum absolute atomic E-state index is 0.138. The van der Waals surface area contributed by atoms with Crippen molar-refractivity contribution in [3.05, 3.63) is 76.9 Å². The van der Waals surface area contributed by atoms with Crippen LogP contribution in [0.4, 0.5) is 10.1 Å². The lowest BCUT2D eigenvalue weighted by atomic mass is 9.81. The van der Waals surface area contributed by atoms with Gasteiger partial charge < -0.3 is 24.4 Å². The Morgan fingerprint density at radius 3 is 2.00 bits per heavy atom. The summed E-state index contributed by atoms with van der Waals surface area (Å²) in [5.74, 6) is -0.861. The lowest BCUT2D eigenvalue weighted by Gasteiger charge is -2.41. The van der Waals surface area contributed by atoms with Crippen LogP contribution < -0.4 is 9.64 Å². The molecule has 1 unspecified atom stereocenters. The molecule has 5 rings (SSSR count). The third kappa shape index (κ3) is 9.02. The van der Waals surface area contributed by atoms with Gasteiger partial charge in [0.2, 0.25) is 0 Å². The highest BCUT2D eigenvalue weighted by Crippen LogP contribution is 2.46. The van der Waals surface area contributed by atoms with Crippen molar-refractivity contribution in [2.75, 3.05) is 37.7 Å². The highest BCUT2D eigenvalue weighted by molar-refractivity contribution is 6.04. The van der Waals surface area contributed by atoms with Crippen molar-refractivity contribution in [3.63, 3.8) is 0 Å². The molecule has 2 fully saturated rings. The summed E-state index contributed by atoms with van der Waals surface area (Å²) in [6, 6.07) is 14.0. The van der Waals surface area contributed by atoms with Gasteiger partial charge >= 0.3 is 5.97 Å². The molecule has 9 heteroatoms. The van der Waals surface area contributed by atoms with Crippen LogP contribution in [0, 0.1) is 23.6 Å². The summed E-state index contributed by atoms with van der Waals surface area (Å²) < 4.78 is 25.7. The summed E-state index contributed by atoms with van der Waals surface area (Å²) >= 11 is 0. The average molecular weight is 688 g/mol. The van der Waals surface area contributed by atoms with Gasteiger partial charge in [0, 0.05) is 49.4 Å². The highest BCUT2D eigenvalue weighted by Gasteiger charge is 2.39. The van der Waals surface area contributed by atoms with Crippen LogP contribution in [0.1, 0.15) is 108 Å². The van der Waals surface area contributed by atoms with Crippen LogP contribution in [-0.4, -0.2) is 65.3 Å². The average Bonchev–Trinajstić information content (AvgIpc) is 3.04. The van der Waals surface area contributed by atoms with E-state index < -0.39 is 17.7 Å². The van der Waals surface area contributed by atoms with E-state index in [1.54, 1.807) is 19.1 Å². The van der Waals surface area contributed by atoms with E-state index in [1.165, 1.54) is 12.1 Å². The maximum atomic E-state index is 14.6. The molecule has 270 valence electrons. The largest absolute Gasteiger partial charge is 0.493 e. The van der Waals surface area contributed by atoms with Crippen LogP contribution in [-0.2, 0) is 16.0 Å². The number of piperidine rings is 2. The molecule has 0 bridgehead atoms. The molecule has 3 heterocycles. The first-order valence-electron chi connectivity index (χ1n) is 17.9. The number of rotatable bonds is 10. The number of anilines is 1. The number of nitrogens with zero attached hydrogens (tertiary/aromatic N) is 3. The molecule has 1 N–H and O–H groups in total. The number of amides is 1. The fourth-order valence-corrected chi connectivity index (χ4v) is 6.82. The Kier molecular flexibility index (Phi) is 11.0. The van der Waals surface area contributed by atoms with Crippen molar-refractivity contribution in [2.45, 2.75) is 99.2 Å². The summed E-state index contributed by atoms with van der Waals surface area (Å²) in [5, 5.41) is 10.6. The number of carboxylic acid groups (broad SMARTS) is 1. The Morgan fingerprint density at radius 2 is 1.46 bits per heavy atom. The summed E-state index contributed by atoms with van der Waals surface area (Å²) in [6.45, 7) is 19.4. The molecule has 2 aliphatic heterocycles. The van der Waals surface area contributed by atoms with Crippen molar-refractivity contribution < 1.29 is 28.6 Å². The van der Waals surface area contributed by atoms with Crippen molar-refractivity contribution in [1.29, 1.82) is 0 Å². The van der Waals surface area contributed by atoms with Crippen molar-refractivity contribution in [3.8, 4) is 16.9 Å². The monoisotopic (exact) mass is 687 g/mol. The van der Waals surface area contributed by atoms with Crippen molar-refractivity contribution in [1.82, 2.24) is 9.88 Å². The summed E-state index contributed by atoms with van der Waals surface area (Å²) in [5.41, 5.74) is 3.90. The molecule has 50 heavy (non-hydrogen) atoms. The second-order valence-electron chi connectivity index (χ2n) is 16.5. The maximum Gasteiger partial charge on any atom is 0.337 e. The number of pyridine rings is 1. The fraction of sp³-hybridized carbons (Fsp3) is 0.537. The zero-order valence-electron chi connectivity index (χ0n) is 31.1. The number of aliphatic carboxylic acids is 1.